The second-order valence-electron chi connectivity index (χ2n) is 5.69. The highest BCUT2D eigenvalue weighted by Crippen LogP contribution is 2.26. The molecule has 4 heteroatoms. The van der Waals surface area contributed by atoms with Crippen molar-refractivity contribution in [1.29, 1.82) is 0 Å². The Balaban J connectivity index is 1.39. The van der Waals surface area contributed by atoms with Crippen LogP contribution in [0.25, 0.3) is 0 Å². The van der Waals surface area contributed by atoms with Gasteiger partial charge in [0.15, 0.2) is 0 Å². The summed E-state index contributed by atoms with van der Waals surface area (Å²) in [6, 6.07) is 8.70. The second-order valence-corrected chi connectivity index (χ2v) is 5.69. The van der Waals surface area contributed by atoms with E-state index in [1.807, 2.05) is 24.3 Å². The number of fused-ring (bicyclic) bond motifs is 1. The van der Waals surface area contributed by atoms with Gasteiger partial charge in [-0.2, -0.15) is 0 Å². The summed E-state index contributed by atoms with van der Waals surface area (Å²) in [5.74, 6) is 0.984. The molecule has 0 aromatic heterocycles. The highest BCUT2D eigenvalue weighted by Gasteiger charge is 2.25. The molecule has 0 radical (unpaired) electrons. The number of hydrogen-bond donors (Lipinski definition) is 2. The number of benzene rings is 1. The van der Waals surface area contributed by atoms with Crippen LogP contribution in [0.1, 0.15) is 24.8 Å². The fourth-order valence-corrected chi connectivity index (χ4v) is 2.53. The van der Waals surface area contributed by atoms with Gasteiger partial charge in [-0.15, -0.1) is 0 Å². The minimum atomic E-state index is -0.0544. The second kappa shape index (κ2) is 6.27. The average Bonchev–Trinajstić information content (AvgIpc) is 3.30. The van der Waals surface area contributed by atoms with Gasteiger partial charge in [0, 0.05) is 12.6 Å². The van der Waals surface area contributed by atoms with Crippen LogP contribution in [-0.4, -0.2) is 31.6 Å². The molecule has 2 aliphatic rings. The van der Waals surface area contributed by atoms with Crippen LogP contribution >= 0.6 is 0 Å². The van der Waals surface area contributed by atoms with Crippen LogP contribution in [0.5, 0.6) is 5.75 Å². The van der Waals surface area contributed by atoms with Crippen LogP contribution in [0.3, 0.4) is 0 Å². The maximum absolute atomic E-state index is 12.1. The Morgan fingerprint density at radius 3 is 2.95 bits per heavy atom. The molecule has 0 spiro atoms. The highest BCUT2D eigenvalue weighted by atomic mass is 16.5. The fourth-order valence-electron chi connectivity index (χ4n) is 2.53. The summed E-state index contributed by atoms with van der Waals surface area (Å²) >= 11 is 0. The molecule has 1 aromatic rings. The molecule has 3 rings (SSSR count). The predicted octanol–water partition coefficient (Wildman–Crippen LogP) is 1.50. The minimum absolute atomic E-state index is 0.0544. The Kier molecular flexibility index (Phi) is 4.21. The van der Waals surface area contributed by atoms with Crippen molar-refractivity contribution in [1.82, 2.24) is 10.6 Å². The zero-order valence-electron chi connectivity index (χ0n) is 11.7. The first-order valence-corrected chi connectivity index (χ1v) is 7.55. The van der Waals surface area contributed by atoms with Gasteiger partial charge in [-0.3, -0.25) is 4.79 Å². The minimum Gasteiger partial charge on any atom is -0.492 e. The van der Waals surface area contributed by atoms with Gasteiger partial charge < -0.3 is 15.4 Å². The summed E-state index contributed by atoms with van der Waals surface area (Å²) in [5, 5.41) is 6.47. The molecule has 1 atom stereocenters. The largest absolute Gasteiger partial charge is 0.492 e. The van der Waals surface area contributed by atoms with E-state index in [1.165, 1.54) is 12.8 Å². The summed E-state index contributed by atoms with van der Waals surface area (Å²) in [4.78, 5) is 12.1. The van der Waals surface area contributed by atoms with Crippen molar-refractivity contribution in [2.24, 2.45) is 5.92 Å². The van der Waals surface area contributed by atoms with Crippen LogP contribution in [0.2, 0.25) is 0 Å². The summed E-state index contributed by atoms with van der Waals surface area (Å²) in [5.41, 5.74) is 1.13. The Morgan fingerprint density at radius 2 is 2.10 bits per heavy atom. The first-order valence-electron chi connectivity index (χ1n) is 7.55. The van der Waals surface area contributed by atoms with E-state index in [1.54, 1.807) is 0 Å². The molecule has 108 valence electrons. The quantitative estimate of drug-likeness (QED) is 0.773. The number of ether oxygens (including phenoxy) is 1. The van der Waals surface area contributed by atoms with E-state index in [2.05, 4.69) is 10.6 Å². The van der Waals surface area contributed by atoms with Crippen molar-refractivity contribution in [3.8, 4) is 5.75 Å². The van der Waals surface area contributed by atoms with Crippen molar-refractivity contribution >= 4 is 5.91 Å². The van der Waals surface area contributed by atoms with Crippen molar-refractivity contribution in [2.75, 3.05) is 19.7 Å². The smallest absolute Gasteiger partial charge is 0.226 e. The molecule has 1 aromatic carbocycles. The van der Waals surface area contributed by atoms with Crippen molar-refractivity contribution in [3.63, 3.8) is 0 Å². The fraction of sp³-hybridized carbons (Fsp3) is 0.562. The number of rotatable bonds is 6. The van der Waals surface area contributed by atoms with Gasteiger partial charge in [0.2, 0.25) is 5.91 Å². The topological polar surface area (TPSA) is 50.4 Å². The molecule has 1 fully saturated rings. The van der Waals surface area contributed by atoms with Gasteiger partial charge in [0.25, 0.3) is 0 Å². The van der Waals surface area contributed by atoms with E-state index in [0.717, 1.165) is 43.3 Å². The third-order valence-electron chi connectivity index (χ3n) is 3.91. The zero-order chi connectivity index (χ0) is 13.8. The lowest BCUT2D eigenvalue weighted by Gasteiger charge is -2.24. The van der Waals surface area contributed by atoms with Crippen molar-refractivity contribution in [3.05, 3.63) is 29.8 Å². The van der Waals surface area contributed by atoms with Gasteiger partial charge in [-0.1, -0.05) is 18.2 Å². The highest BCUT2D eigenvalue weighted by molar-refractivity contribution is 5.79. The molecular weight excluding hydrogens is 252 g/mol. The Morgan fingerprint density at radius 1 is 1.25 bits per heavy atom. The summed E-state index contributed by atoms with van der Waals surface area (Å²) in [6.45, 7) is 2.23. The molecule has 1 amide bonds. The number of amides is 1. The Bertz CT molecular complexity index is 471. The lowest BCUT2D eigenvalue weighted by atomic mass is 9.96. The normalized spacial score (nSPS) is 20.9. The molecule has 1 saturated carbocycles. The molecule has 1 aliphatic heterocycles. The van der Waals surface area contributed by atoms with E-state index in [9.17, 15) is 4.79 Å². The molecule has 2 N–H and O–H groups in total. The molecule has 1 heterocycles. The zero-order valence-corrected chi connectivity index (χ0v) is 11.7. The van der Waals surface area contributed by atoms with E-state index in [-0.39, 0.29) is 11.8 Å². The third kappa shape index (κ3) is 3.51. The van der Waals surface area contributed by atoms with Crippen LogP contribution in [0.15, 0.2) is 24.3 Å². The van der Waals surface area contributed by atoms with Crippen LogP contribution < -0.4 is 15.4 Å². The lowest BCUT2D eigenvalue weighted by Crippen LogP contribution is -2.38. The molecule has 1 aliphatic carbocycles. The monoisotopic (exact) mass is 274 g/mol. The van der Waals surface area contributed by atoms with Crippen molar-refractivity contribution < 1.29 is 9.53 Å². The van der Waals surface area contributed by atoms with E-state index in [0.29, 0.717) is 6.61 Å². The van der Waals surface area contributed by atoms with E-state index in [4.69, 9.17) is 4.74 Å². The first-order chi connectivity index (χ1) is 9.83. The summed E-state index contributed by atoms with van der Waals surface area (Å²) < 4.78 is 5.65. The summed E-state index contributed by atoms with van der Waals surface area (Å²) in [6.07, 6.45) is 4.39. The average molecular weight is 274 g/mol. The predicted molar refractivity (Wildman–Crippen MR) is 77.8 cm³/mol. The van der Waals surface area contributed by atoms with Crippen LogP contribution in [-0.2, 0) is 11.2 Å². The molecule has 4 nitrogen and oxygen atoms in total. The lowest BCUT2D eigenvalue weighted by molar-refractivity contribution is -0.126. The van der Waals surface area contributed by atoms with E-state index >= 15 is 0 Å². The standard InChI is InChI=1S/C16H22N2O2/c19-16(18-9-3-8-17-14-6-7-14)13-10-12-4-1-2-5-15(12)20-11-13/h1-2,4-5,13-14,17H,3,6-11H2,(H,18,19). The SMILES string of the molecule is O=C(NCCCNC1CC1)C1COc2ccccc2C1. The first kappa shape index (κ1) is 13.4. The molecule has 1 unspecified atom stereocenters. The number of para-hydroxylation sites is 1. The molecule has 20 heavy (non-hydrogen) atoms. The van der Waals surface area contributed by atoms with Gasteiger partial charge in [0.1, 0.15) is 12.4 Å². The van der Waals surface area contributed by atoms with Gasteiger partial charge >= 0.3 is 0 Å². The third-order valence-corrected chi connectivity index (χ3v) is 3.91. The summed E-state index contributed by atoms with van der Waals surface area (Å²) in [7, 11) is 0. The molecule has 0 bridgehead atoms. The van der Waals surface area contributed by atoms with Gasteiger partial charge in [-0.25, -0.2) is 0 Å². The Labute approximate surface area is 119 Å². The molecule has 0 saturated heterocycles. The number of nitrogens with one attached hydrogen (secondary N) is 2. The van der Waals surface area contributed by atoms with Gasteiger partial charge in [0.05, 0.1) is 5.92 Å². The van der Waals surface area contributed by atoms with E-state index < -0.39 is 0 Å². The maximum atomic E-state index is 12.1. The van der Waals surface area contributed by atoms with Gasteiger partial charge in [-0.05, 0) is 43.9 Å². The van der Waals surface area contributed by atoms with Crippen molar-refractivity contribution in [2.45, 2.75) is 31.7 Å². The Hall–Kier alpha value is -1.55. The maximum Gasteiger partial charge on any atom is 0.226 e. The number of carbonyl (C=O) groups excluding carboxylic acids is 1. The van der Waals surface area contributed by atoms with Crippen LogP contribution in [0.4, 0.5) is 0 Å². The van der Waals surface area contributed by atoms with Crippen LogP contribution in [0, 0.1) is 5.92 Å². The molecular formula is C16H22N2O2. The number of hydrogen-bond acceptors (Lipinski definition) is 3. The number of carbonyl (C=O) groups is 1.